The van der Waals surface area contributed by atoms with Crippen molar-refractivity contribution in [2.24, 2.45) is 5.41 Å². The Morgan fingerprint density at radius 3 is 2.55 bits per heavy atom. The molecule has 1 saturated heterocycles. The smallest absolute Gasteiger partial charge is 0.242 e. The number of rotatable bonds is 1. The van der Waals surface area contributed by atoms with Gasteiger partial charge < -0.3 is 9.64 Å². The fourth-order valence-electron chi connectivity index (χ4n) is 4.03. The van der Waals surface area contributed by atoms with Crippen molar-refractivity contribution < 1.29 is 14.3 Å². The third kappa shape index (κ3) is 0.952. The Morgan fingerprint density at radius 2 is 1.85 bits per heavy atom. The number of Topliss-reactive ketones (excluding diaryl/α,β-unsaturated/α-hetero) is 1. The average molecular weight is 269 g/mol. The number of likely N-dealkylation sites (tertiary alicyclic amines) is 1. The first-order valence-corrected chi connectivity index (χ1v) is 6.83. The van der Waals surface area contributed by atoms with Crippen LogP contribution >= 0.6 is 0 Å². The van der Waals surface area contributed by atoms with E-state index < -0.39 is 11.1 Å². The lowest BCUT2D eigenvalue weighted by molar-refractivity contribution is -0.240. The SMILES string of the molecule is CN1C(=O)[C@@]2(C)C3=C(CCC3=O)O[C@@]12c1ccccc1. The van der Waals surface area contributed by atoms with Gasteiger partial charge in [0.2, 0.25) is 11.6 Å². The number of amides is 1. The van der Waals surface area contributed by atoms with E-state index in [1.807, 2.05) is 37.3 Å². The van der Waals surface area contributed by atoms with Gasteiger partial charge in [-0.15, -0.1) is 0 Å². The molecule has 0 spiro atoms. The van der Waals surface area contributed by atoms with Crippen LogP contribution in [0.1, 0.15) is 25.3 Å². The van der Waals surface area contributed by atoms with Gasteiger partial charge in [0.1, 0.15) is 11.2 Å². The summed E-state index contributed by atoms with van der Waals surface area (Å²) in [5.41, 5.74) is -0.186. The number of hydrogen-bond acceptors (Lipinski definition) is 3. The van der Waals surface area contributed by atoms with Crippen LogP contribution in [0.4, 0.5) is 0 Å². The molecule has 4 heteroatoms. The molecular weight excluding hydrogens is 254 g/mol. The van der Waals surface area contributed by atoms with E-state index in [1.54, 1.807) is 11.9 Å². The van der Waals surface area contributed by atoms with Crippen LogP contribution in [0, 0.1) is 5.41 Å². The number of allylic oxidation sites excluding steroid dienone is 1. The molecular formula is C16H15NO3. The third-order valence-corrected chi connectivity index (χ3v) is 4.96. The predicted octanol–water partition coefficient (Wildman–Crippen LogP) is 1.96. The number of β-lactam (4-membered cyclic amide) rings is 1. The van der Waals surface area contributed by atoms with Crippen molar-refractivity contribution in [1.82, 2.24) is 4.90 Å². The Balaban J connectivity index is 1.94. The molecule has 0 saturated carbocycles. The molecule has 1 fully saturated rings. The maximum atomic E-state index is 12.5. The fourth-order valence-corrected chi connectivity index (χ4v) is 4.03. The van der Waals surface area contributed by atoms with Gasteiger partial charge in [0, 0.05) is 25.5 Å². The van der Waals surface area contributed by atoms with Crippen molar-refractivity contribution in [2.45, 2.75) is 25.5 Å². The van der Waals surface area contributed by atoms with Crippen LogP contribution in [0.15, 0.2) is 41.7 Å². The molecule has 0 unspecified atom stereocenters. The molecule has 1 amide bonds. The van der Waals surface area contributed by atoms with E-state index in [1.165, 1.54) is 0 Å². The molecule has 0 aromatic heterocycles. The van der Waals surface area contributed by atoms with E-state index >= 15 is 0 Å². The first-order chi connectivity index (χ1) is 9.53. The number of ether oxygens (including phenoxy) is 1. The van der Waals surface area contributed by atoms with Crippen LogP contribution in [0.3, 0.4) is 0 Å². The standard InChI is InChI=1S/C16H15NO3/c1-15-13-11(18)8-9-12(13)20-16(15,17(2)14(15)19)10-6-4-3-5-7-10/h3-7H,8-9H2,1-2H3/t15-,16-/m1/s1. The number of carbonyl (C=O) groups excluding carboxylic acids is 2. The molecule has 1 aliphatic carbocycles. The summed E-state index contributed by atoms with van der Waals surface area (Å²) in [6.07, 6.45) is 1.07. The minimum Gasteiger partial charge on any atom is -0.466 e. The number of hydrogen-bond donors (Lipinski definition) is 0. The maximum absolute atomic E-state index is 12.5. The summed E-state index contributed by atoms with van der Waals surface area (Å²) in [5.74, 6) is 0.724. The van der Waals surface area contributed by atoms with Crippen LogP contribution < -0.4 is 0 Å². The molecule has 0 bridgehead atoms. The number of fused-ring (bicyclic) bond motifs is 2. The van der Waals surface area contributed by atoms with Crippen molar-refractivity contribution in [3.8, 4) is 0 Å². The first-order valence-electron chi connectivity index (χ1n) is 6.83. The lowest BCUT2D eigenvalue weighted by Crippen LogP contribution is -2.73. The summed E-state index contributed by atoms with van der Waals surface area (Å²) in [6.45, 7) is 1.84. The van der Waals surface area contributed by atoms with Gasteiger partial charge in [-0.1, -0.05) is 30.3 Å². The maximum Gasteiger partial charge on any atom is 0.242 e. The first kappa shape index (κ1) is 11.7. The van der Waals surface area contributed by atoms with E-state index in [0.717, 1.165) is 5.56 Å². The largest absolute Gasteiger partial charge is 0.466 e. The molecule has 3 aliphatic rings. The Hall–Kier alpha value is -2.10. The summed E-state index contributed by atoms with van der Waals surface area (Å²) in [4.78, 5) is 26.3. The Bertz CT molecular complexity index is 678. The van der Waals surface area contributed by atoms with E-state index in [9.17, 15) is 9.59 Å². The van der Waals surface area contributed by atoms with Crippen molar-refractivity contribution in [1.29, 1.82) is 0 Å². The topological polar surface area (TPSA) is 46.6 Å². The molecule has 2 atom stereocenters. The number of carbonyl (C=O) groups is 2. The van der Waals surface area contributed by atoms with E-state index in [0.29, 0.717) is 24.2 Å². The highest BCUT2D eigenvalue weighted by Crippen LogP contribution is 2.66. The summed E-state index contributed by atoms with van der Waals surface area (Å²) in [5, 5.41) is 0. The van der Waals surface area contributed by atoms with Gasteiger partial charge in [0.05, 0.1) is 5.57 Å². The molecule has 0 radical (unpaired) electrons. The van der Waals surface area contributed by atoms with Crippen LogP contribution in [0.25, 0.3) is 0 Å². The van der Waals surface area contributed by atoms with Gasteiger partial charge in [-0.25, -0.2) is 0 Å². The third-order valence-electron chi connectivity index (χ3n) is 4.96. The highest BCUT2D eigenvalue weighted by molar-refractivity contribution is 6.10. The van der Waals surface area contributed by atoms with Crippen molar-refractivity contribution in [2.75, 3.05) is 7.05 Å². The molecule has 102 valence electrons. The predicted molar refractivity (Wildman–Crippen MR) is 71.3 cm³/mol. The Morgan fingerprint density at radius 1 is 1.15 bits per heavy atom. The van der Waals surface area contributed by atoms with Crippen molar-refractivity contribution >= 4 is 11.7 Å². The second-order valence-electron chi connectivity index (χ2n) is 5.82. The molecule has 20 heavy (non-hydrogen) atoms. The van der Waals surface area contributed by atoms with Crippen LogP contribution in [0.5, 0.6) is 0 Å². The van der Waals surface area contributed by atoms with E-state index in [4.69, 9.17) is 4.74 Å². The van der Waals surface area contributed by atoms with E-state index in [-0.39, 0.29) is 11.7 Å². The summed E-state index contributed by atoms with van der Waals surface area (Å²) >= 11 is 0. The molecule has 4 nitrogen and oxygen atoms in total. The van der Waals surface area contributed by atoms with Crippen molar-refractivity contribution in [3.63, 3.8) is 0 Å². The van der Waals surface area contributed by atoms with Crippen LogP contribution in [-0.4, -0.2) is 23.6 Å². The highest BCUT2D eigenvalue weighted by atomic mass is 16.5. The fraction of sp³-hybridized carbons (Fsp3) is 0.375. The minimum absolute atomic E-state index is 0.0402. The summed E-state index contributed by atoms with van der Waals surface area (Å²) in [7, 11) is 1.74. The van der Waals surface area contributed by atoms with E-state index in [2.05, 4.69) is 0 Å². The van der Waals surface area contributed by atoms with Crippen molar-refractivity contribution in [3.05, 3.63) is 47.2 Å². The van der Waals surface area contributed by atoms with Gasteiger partial charge in [0.25, 0.3) is 0 Å². The second-order valence-corrected chi connectivity index (χ2v) is 5.82. The number of benzene rings is 1. The monoisotopic (exact) mass is 269 g/mol. The highest BCUT2D eigenvalue weighted by Gasteiger charge is 2.77. The normalized spacial score (nSPS) is 34.8. The zero-order chi connectivity index (χ0) is 14.1. The zero-order valence-corrected chi connectivity index (χ0v) is 11.5. The zero-order valence-electron chi connectivity index (χ0n) is 11.5. The van der Waals surface area contributed by atoms with Gasteiger partial charge in [-0.05, 0) is 6.92 Å². The Kier molecular flexibility index (Phi) is 1.94. The van der Waals surface area contributed by atoms with Gasteiger partial charge in [0.15, 0.2) is 5.78 Å². The molecule has 2 aliphatic heterocycles. The lowest BCUT2D eigenvalue weighted by Gasteiger charge is -2.58. The molecule has 1 aromatic rings. The Labute approximate surface area is 117 Å². The van der Waals surface area contributed by atoms with Gasteiger partial charge >= 0.3 is 0 Å². The lowest BCUT2D eigenvalue weighted by atomic mass is 9.62. The summed E-state index contributed by atoms with van der Waals surface area (Å²) in [6, 6.07) is 9.69. The molecule has 4 rings (SSSR count). The van der Waals surface area contributed by atoms with Crippen LogP contribution in [-0.2, 0) is 20.1 Å². The average Bonchev–Trinajstić information content (AvgIpc) is 2.95. The molecule has 2 heterocycles. The molecule has 0 N–H and O–H groups in total. The quantitative estimate of drug-likeness (QED) is 0.732. The van der Waals surface area contributed by atoms with Crippen LogP contribution in [0.2, 0.25) is 0 Å². The molecule has 1 aromatic carbocycles. The van der Waals surface area contributed by atoms with Gasteiger partial charge in [-0.3, -0.25) is 9.59 Å². The number of ketones is 1. The number of nitrogens with zero attached hydrogens (tertiary/aromatic N) is 1. The van der Waals surface area contributed by atoms with Gasteiger partial charge in [-0.2, -0.15) is 0 Å². The minimum atomic E-state index is -0.869. The second kappa shape index (κ2) is 3.32. The summed E-state index contributed by atoms with van der Waals surface area (Å²) < 4.78 is 6.18.